The van der Waals surface area contributed by atoms with Crippen LogP contribution in [0, 0.1) is 0 Å². The summed E-state index contributed by atoms with van der Waals surface area (Å²) in [5, 5.41) is 8.95. The summed E-state index contributed by atoms with van der Waals surface area (Å²) in [7, 11) is -3.73. The Bertz CT molecular complexity index is 1090. The molecular weight excluding hydrogens is 434 g/mol. The normalized spacial score (nSPS) is 11.7. The van der Waals surface area contributed by atoms with Crippen LogP contribution in [-0.2, 0) is 23.1 Å². The number of hydrogen-bond acceptors (Lipinski definition) is 6. The van der Waals surface area contributed by atoms with E-state index in [2.05, 4.69) is 33.9 Å². The van der Waals surface area contributed by atoms with E-state index in [9.17, 15) is 13.2 Å². The first-order valence-electron chi connectivity index (χ1n) is 10.1. The highest BCUT2D eigenvalue weighted by atomic mass is 32.2. The molecular formula is C21H27N5O3S2. The van der Waals surface area contributed by atoms with Crippen molar-refractivity contribution in [2.45, 2.75) is 31.8 Å². The summed E-state index contributed by atoms with van der Waals surface area (Å²) in [5.41, 5.74) is 0.823. The van der Waals surface area contributed by atoms with Crippen LogP contribution in [-0.4, -0.2) is 48.6 Å². The van der Waals surface area contributed by atoms with Gasteiger partial charge in [-0.05, 0) is 42.7 Å². The number of amides is 1. The predicted octanol–water partition coefficient (Wildman–Crippen LogP) is 3.02. The maximum absolute atomic E-state index is 12.6. The average Bonchev–Trinajstić information content (AvgIpc) is 3.45. The van der Waals surface area contributed by atoms with E-state index < -0.39 is 15.9 Å². The van der Waals surface area contributed by atoms with E-state index in [0.29, 0.717) is 5.69 Å². The molecule has 0 saturated heterocycles. The highest BCUT2D eigenvalue weighted by Crippen LogP contribution is 2.15. The largest absolute Gasteiger partial charge is 0.319 e. The van der Waals surface area contributed by atoms with Gasteiger partial charge in [-0.3, -0.25) is 9.48 Å². The van der Waals surface area contributed by atoms with Crippen LogP contribution in [0.15, 0.2) is 59.1 Å². The molecule has 0 aliphatic carbocycles. The molecule has 3 aromatic rings. The third-order valence-corrected chi connectivity index (χ3v) is 7.13. The van der Waals surface area contributed by atoms with Crippen LogP contribution in [0.2, 0.25) is 0 Å². The van der Waals surface area contributed by atoms with E-state index in [-0.39, 0.29) is 17.0 Å². The lowest BCUT2D eigenvalue weighted by Crippen LogP contribution is -2.27. The predicted molar refractivity (Wildman–Crippen MR) is 123 cm³/mol. The number of nitrogens with one attached hydrogen (secondary N) is 2. The van der Waals surface area contributed by atoms with Crippen LogP contribution >= 0.6 is 11.3 Å². The molecule has 2 heterocycles. The third kappa shape index (κ3) is 6.47. The van der Waals surface area contributed by atoms with Gasteiger partial charge in [0.25, 0.3) is 5.91 Å². The minimum atomic E-state index is -3.73. The molecule has 0 aliphatic rings. The number of carbonyl (C=O) groups is 1. The molecule has 166 valence electrons. The number of carbonyl (C=O) groups excluding carboxylic acids is 1. The Hall–Kier alpha value is -2.53. The number of rotatable bonds is 11. The van der Waals surface area contributed by atoms with Crippen molar-refractivity contribution in [2.75, 3.05) is 25.0 Å². The van der Waals surface area contributed by atoms with E-state index in [0.717, 1.165) is 31.1 Å². The molecule has 0 spiro atoms. The fourth-order valence-corrected chi connectivity index (χ4v) is 4.79. The second-order valence-electron chi connectivity index (χ2n) is 6.90. The molecule has 2 aromatic heterocycles. The molecule has 1 aromatic carbocycles. The lowest BCUT2D eigenvalue weighted by Gasteiger charge is -2.17. The highest BCUT2D eigenvalue weighted by Gasteiger charge is 2.17. The minimum Gasteiger partial charge on any atom is -0.319 e. The average molecular weight is 462 g/mol. The first-order valence-corrected chi connectivity index (χ1v) is 12.5. The Balaban J connectivity index is 1.62. The quantitative estimate of drug-likeness (QED) is 0.458. The van der Waals surface area contributed by atoms with Gasteiger partial charge in [0.2, 0.25) is 10.0 Å². The number of hydrogen-bond donors (Lipinski definition) is 2. The van der Waals surface area contributed by atoms with E-state index >= 15 is 0 Å². The number of aromatic nitrogens is 2. The molecule has 0 bridgehead atoms. The number of anilines is 1. The van der Waals surface area contributed by atoms with E-state index in [1.807, 2.05) is 17.5 Å². The van der Waals surface area contributed by atoms with Gasteiger partial charge in [-0.2, -0.15) is 5.10 Å². The maximum atomic E-state index is 12.6. The van der Waals surface area contributed by atoms with Crippen molar-refractivity contribution in [3.8, 4) is 0 Å². The van der Waals surface area contributed by atoms with Gasteiger partial charge in [-0.25, -0.2) is 13.1 Å². The van der Waals surface area contributed by atoms with Gasteiger partial charge < -0.3 is 10.2 Å². The molecule has 0 saturated carbocycles. The van der Waals surface area contributed by atoms with E-state index in [1.165, 1.54) is 23.5 Å². The molecule has 2 N–H and O–H groups in total. The first kappa shape index (κ1) is 23.1. The first-order chi connectivity index (χ1) is 14.9. The second kappa shape index (κ2) is 10.7. The molecule has 0 atom stereocenters. The summed E-state index contributed by atoms with van der Waals surface area (Å²) in [5.74, 6) is -0.390. The standard InChI is InChI=1S/C21H27N5O3S2/c1-3-25(4-2)10-11-26-16-18(14-22-26)24-21(27)17-7-5-9-20(13-17)31(28,29)23-15-19-8-6-12-30-19/h5-9,12-14,16,23H,3-4,10-11,15H2,1-2H3,(H,24,27). The zero-order chi connectivity index (χ0) is 22.3. The van der Waals surface area contributed by atoms with Crippen molar-refractivity contribution in [3.05, 3.63) is 64.6 Å². The van der Waals surface area contributed by atoms with Crippen molar-refractivity contribution >= 4 is 33.0 Å². The molecule has 1 amide bonds. The fraction of sp³-hybridized carbons (Fsp3) is 0.333. The topological polar surface area (TPSA) is 96.3 Å². The van der Waals surface area contributed by atoms with E-state index in [4.69, 9.17) is 0 Å². The number of nitrogens with zero attached hydrogens (tertiary/aromatic N) is 3. The van der Waals surface area contributed by atoms with Gasteiger partial charge in [0, 0.05) is 29.7 Å². The summed E-state index contributed by atoms with van der Waals surface area (Å²) in [6.45, 7) is 7.99. The summed E-state index contributed by atoms with van der Waals surface area (Å²) in [6, 6.07) is 9.71. The zero-order valence-electron chi connectivity index (χ0n) is 17.6. The summed E-state index contributed by atoms with van der Waals surface area (Å²) >= 11 is 1.48. The van der Waals surface area contributed by atoms with Crippen molar-refractivity contribution in [3.63, 3.8) is 0 Å². The Morgan fingerprint density at radius 2 is 2.00 bits per heavy atom. The van der Waals surface area contributed by atoms with Crippen molar-refractivity contribution in [1.82, 2.24) is 19.4 Å². The Kier molecular flexibility index (Phi) is 7.97. The molecule has 0 unspecified atom stereocenters. The van der Waals surface area contributed by atoms with E-state index in [1.54, 1.807) is 29.2 Å². The molecule has 0 radical (unpaired) electrons. The minimum absolute atomic E-state index is 0.0478. The number of sulfonamides is 1. The van der Waals surface area contributed by atoms with Crippen LogP contribution < -0.4 is 10.0 Å². The van der Waals surface area contributed by atoms with Crippen LogP contribution in [0.1, 0.15) is 29.1 Å². The Labute approximate surface area is 186 Å². The third-order valence-electron chi connectivity index (χ3n) is 4.85. The molecule has 3 rings (SSSR count). The lowest BCUT2D eigenvalue weighted by atomic mass is 10.2. The number of thiophene rings is 1. The Morgan fingerprint density at radius 3 is 2.71 bits per heavy atom. The van der Waals surface area contributed by atoms with Crippen LogP contribution in [0.25, 0.3) is 0 Å². The Morgan fingerprint density at radius 1 is 1.19 bits per heavy atom. The molecule has 8 nitrogen and oxygen atoms in total. The SMILES string of the molecule is CCN(CC)CCn1cc(NC(=O)c2cccc(S(=O)(=O)NCc3cccs3)c2)cn1. The van der Waals surface area contributed by atoms with Crippen molar-refractivity contribution < 1.29 is 13.2 Å². The molecule has 31 heavy (non-hydrogen) atoms. The molecule has 0 aliphatic heterocycles. The van der Waals surface area contributed by atoms with Gasteiger partial charge in [-0.15, -0.1) is 11.3 Å². The summed E-state index contributed by atoms with van der Waals surface area (Å²) < 4.78 is 29.5. The van der Waals surface area contributed by atoms with Crippen molar-refractivity contribution in [1.29, 1.82) is 0 Å². The second-order valence-corrected chi connectivity index (χ2v) is 9.70. The van der Waals surface area contributed by atoms with Gasteiger partial charge in [0.1, 0.15) is 0 Å². The zero-order valence-corrected chi connectivity index (χ0v) is 19.2. The van der Waals surface area contributed by atoms with Gasteiger partial charge >= 0.3 is 0 Å². The molecule has 10 heteroatoms. The number of likely N-dealkylation sites (N-methyl/N-ethyl adjacent to an activating group) is 1. The highest BCUT2D eigenvalue weighted by molar-refractivity contribution is 7.89. The number of benzene rings is 1. The monoisotopic (exact) mass is 461 g/mol. The van der Waals surface area contributed by atoms with Gasteiger partial charge in [0.05, 0.1) is 23.3 Å². The lowest BCUT2D eigenvalue weighted by molar-refractivity contribution is 0.102. The van der Waals surface area contributed by atoms with Crippen LogP contribution in [0.3, 0.4) is 0 Å². The van der Waals surface area contributed by atoms with Gasteiger partial charge in [0.15, 0.2) is 0 Å². The van der Waals surface area contributed by atoms with Crippen LogP contribution in [0.5, 0.6) is 0 Å². The fourth-order valence-electron chi connectivity index (χ4n) is 3.00. The van der Waals surface area contributed by atoms with Crippen LogP contribution in [0.4, 0.5) is 5.69 Å². The summed E-state index contributed by atoms with van der Waals surface area (Å²) in [6.07, 6.45) is 3.36. The summed E-state index contributed by atoms with van der Waals surface area (Å²) in [4.78, 5) is 15.9. The smallest absolute Gasteiger partial charge is 0.255 e. The van der Waals surface area contributed by atoms with Crippen molar-refractivity contribution in [2.24, 2.45) is 0 Å². The maximum Gasteiger partial charge on any atom is 0.255 e. The van der Waals surface area contributed by atoms with Gasteiger partial charge in [-0.1, -0.05) is 26.0 Å². The molecule has 0 fully saturated rings.